The van der Waals surface area contributed by atoms with Gasteiger partial charge in [0.15, 0.2) is 6.10 Å². The van der Waals surface area contributed by atoms with Crippen LogP contribution < -0.4 is 0 Å². The number of nitrogens with zero attached hydrogens (tertiary/aromatic N) is 1. The number of alkyl halides is 3. The molecular weight excluding hydrogens is 287 g/mol. The molecule has 1 unspecified atom stereocenters. The molecule has 0 saturated carbocycles. The first-order chi connectivity index (χ1) is 9.49. The van der Waals surface area contributed by atoms with Gasteiger partial charge >= 0.3 is 6.18 Å². The van der Waals surface area contributed by atoms with Crippen molar-refractivity contribution >= 4 is 11.3 Å². The maximum absolute atomic E-state index is 12.6. The molecule has 1 aromatic heterocycles. The van der Waals surface area contributed by atoms with E-state index >= 15 is 0 Å². The van der Waals surface area contributed by atoms with E-state index in [4.69, 9.17) is 4.74 Å². The SMILES string of the molecule is CCCCc1ccc(CN2CCOC(C(F)(F)F)C2)s1. The standard InChI is InChI=1S/C14H20F3NOS/c1-2-3-4-11-5-6-12(20-11)9-18-7-8-19-13(10-18)14(15,16)17/h5-6,13H,2-4,7-10H2,1H3. The average Bonchev–Trinajstić information content (AvgIpc) is 2.83. The molecule has 0 amide bonds. The average molecular weight is 307 g/mol. The van der Waals surface area contributed by atoms with Crippen LogP contribution >= 0.6 is 11.3 Å². The molecule has 1 fully saturated rings. The fourth-order valence-electron chi connectivity index (χ4n) is 2.26. The van der Waals surface area contributed by atoms with Gasteiger partial charge in [0.05, 0.1) is 6.61 Å². The highest BCUT2D eigenvalue weighted by Gasteiger charge is 2.43. The number of ether oxygens (including phenoxy) is 1. The second kappa shape index (κ2) is 6.91. The number of morpholine rings is 1. The second-order valence-electron chi connectivity index (χ2n) is 5.11. The zero-order chi connectivity index (χ0) is 14.6. The predicted molar refractivity (Wildman–Crippen MR) is 74.0 cm³/mol. The van der Waals surface area contributed by atoms with Gasteiger partial charge in [-0.25, -0.2) is 0 Å². The van der Waals surface area contributed by atoms with Crippen LogP contribution in [0.25, 0.3) is 0 Å². The fraction of sp³-hybridized carbons (Fsp3) is 0.714. The topological polar surface area (TPSA) is 12.5 Å². The van der Waals surface area contributed by atoms with Crippen LogP contribution in [0.3, 0.4) is 0 Å². The van der Waals surface area contributed by atoms with Gasteiger partial charge in [0, 0.05) is 29.4 Å². The number of rotatable bonds is 5. The first-order valence-electron chi connectivity index (χ1n) is 6.97. The third kappa shape index (κ3) is 4.46. The van der Waals surface area contributed by atoms with Crippen LogP contribution in [0.1, 0.15) is 29.5 Å². The lowest BCUT2D eigenvalue weighted by Crippen LogP contribution is -2.48. The van der Waals surface area contributed by atoms with Crippen LogP contribution in [0.4, 0.5) is 13.2 Å². The van der Waals surface area contributed by atoms with Gasteiger partial charge in [-0.1, -0.05) is 13.3 Å². The number of hydrogen-bond acceptors (Lipinski definition) is 3. The van der Waals surface area contributed by atoms with E-state index in [9.17, 15) is 13.2 Å². The molecule has 0 bridgehead atoms. The smallest absolute Gasteiger partial charge is 0.366 e. The van der Waals surface area contributed by atoms with Crippen LogP contribution in [-0.2, 0) is 17.7 Å². The summed E-state index contributed by atoms with van der Waals surface area (Å²) >= 11 is 1.71. The zero-order valence-corrected chi connectivity index (χ0v) is 12.4. The van der Waals surface area contributed by atoms with Gasteiger partial charge in [0.1, 0.15) is 0 Å². The van der Waals surface area contributed by atoms with E-state index in [1.165, 1.54) is 4.88 Å². The molecule has 1 aromatic rings. The van der Waals surface area contributed by atoms with E-state index in [1.54, 1.807) is 11.3 Å². The van der Waals surface area contributed by atoms with E-state index < -0.39 is 12.3 Å². The molecule has 1 aliphatic rings. The summed E-state index contributed by atoms with van der Waals surface area (Å²) in [5.41, 5.74) is 0. The Kier molecular flexibility index (Phi) is 5.46. The van der Waals surface area contributed by atoms with Gasteiger partial charge in [-0.15, -0.1) is 11.3 Å². The Morgan fingerprint density at radius 3 is 2.80 bits per heavy atom. The Morgan fingerprint density at radius 1 is 1.35 bits per heavy atom. The minimum atomic E-state index is -4.26. The molecule has 2 heterocycles. The van der Waals surface area contributed by atoms with Gasteiger partial charge in [-0.2, -0.15) is 13.2 Å². The Balaban J connectivity index is 1.87. The van der Waals surface area contributed by atoms with Crippen LogP contribution in [0.5, 0.6) is 0 Å². The molecule has 0 N–H and O–H groups in total. The Labute approximate surface area is 121 Å². The molecule has 114 valence electrons. The Hall–Kier alpha value is -0.590. The first kappa shape index (κ1) is 15.8. The number of halogens is 3. The highest BCUT2D eigenvalue weighted by molar-refractivity contribution is 7.11. The summed E-state index contributed by atoms with van der Waals surface area (Å²) in [5.74, 6) is 0. The molecule has 0 radical (unpaired) electrons. The summed E-state index contributed by atoms with van der Waals surface area (Å²) in [4.78, 5) is 4.29. The molecule has 1 aliphatic heterocycles. The number of aryl methyl sites for hydroxylation is 1. The van der Waals surface area contributed by atoms with Crippen molar-refractivity contribution in [2.75, 3.05) is 19.7 Å². The van der Waals surface area contributed by atoms with Crippen molar-refractivity contribution in [3.8, 4) is 0 Å². The first-order valence-corrected chi connectivity index (χ1v) is 7.79. The molecule has 2 nitrogen and oxygen atoms in total. The summed E-state index contributed by atoms with van der Waals surface area (Å²) in [6.45, 7) is 3.39. The summed E-state index contributed by atoms with van der Waals surface area (Å²) in [7, 11) is 0. The highest BCUT2D eigenvalue weighted by atomic mass is 32.1. The molecule has 1 saturated heterocycles. The zero-order valence-electron chi connectivity index (χ0n) is 11.6. The lowest BCUT2D eigenvalue weighted by molar-refractivity contribution is -0.237. The van der Waals surface area contributed by atoms with Gasteiger partial charge in [0.25, 0.3) is 0 Å². The predicted octanol–water partition coefficient (Wildman–Crippen LogP) is 3.85. The number of unbranched alkanes of at least 4 members (excludes halogenated alkanes) is 1. The third-order valence-corrected chi connectivity index (χ3v) is 4.52. The van der Waals surface area contributed by atoms with Gasteiger partial charge < -0.3 is 4.74 Å². The van der Waals surface area contributed by atoms with E-state index in [-0.39, 0.29) is 13.2 Å². The lowest BCUT2D eigenvalue weighted by atomic mass is 10.2. The second-order valence-corrected chi connectivity index (χ2v) is 6.36. The normalized spacial score (nSPS) is 21.3. The van der Waals surface area contributed by atoms with Crippen molar-refractivity contribution in [2.24, 2.45) is 0 Å². The molecule has 0 spiro atoms. The van der Waals surface area contributed by atoms with E-state index in [2.05, 4.69) is 13.0 Å². The summed E-state index contributed by atoms with van der Waals surface area (Å²) in [6, 6.07) is 4.13. The van der Waals surface area contributed by atoms with Crippen molar-refractivity contribution < 1.29 is 17.9 Å². The minimum Gasteiger partial charge on any atom is -0.366 e. The summed E-state index contributed by atoms with van der Waals surface area (Å²) in [6.07, 6.45) is -2.52. The summed E-state index contributed by atoms with van der Waals surface area (Å²) in [5, 5.41) is 0. The van der Waals surface area contributed by atoms with Crippen molar-refractivity contribution in [2.45, 2.75) is 45.0 Å². The van der Waals surface area contributed by atoms with Gasteiger partial charge in [-0.05, 0) is 25.0 Å². The molecule has 2 rings (SSSR count). The van der Waals surface area contributed by atoms with Crippen molar-refractivity contribution in [3.63, 3.8) is 0 Å². The molecule has 20 heavy (non-hydrogen) atoms. The quantitative estimate of drug-likeness (QED) is 0.819. The van der Waals surface area contributed by atoms with E-state index in [0.717, 1.165) is 24.1 Å². The highest BCUT2D eigenvalue weighted by Crippen LogP contribution is 2.27. The monoisotopic (exact) mass is 307 g/mol. The maximum Gasteiger partial charge on any atom is 0.415 e. The van der Waals surface area contributed by atoms with E-state index in [0.29, 0.717) is 13.1 Å². The Bertz CT molecular complexity index is 419. The minimum absolute atomic E-state index is 0.0638. The van der Waals surface area contributed by atoms with Crippen molar-refractivity contribution in [1.29, 1.82) is 0 Å². The van der Waals surface area contributed by atoms with Crippen LogP contribution in [-0.4, -0.2) is 36.9 Å². The van der Waals surface area contributed by atoms with Crippen LogP contribution in [0, 0.1) is 0 Å². The molecule has 6 heteroatoms. The molecule has 0 aliphatic carbocycles. The fourth-order valence-corrected chi connectivity index (χ4v) is 3.36. The molecular formula is C14H20F3NOS. The lowest BCUT2D eigenvalue weighted by Gasteiger charge is -2.33. The number of hydrogen-bond donors (Lipinski definition) is 0. The van der Waals surface area contributed by atoms with Gasteiger partial charge in [0.2, 0.25) is 0 Å². The molecule has 0 aromatic carbocycles. The number of thiophene rings is 1. The van der Waals surface area contributed by atoms with Crippen molar-refractivity contribution in [1.82, 2.24) is 4.90 Å². The van der Waals surface area contributed by atoms with Crippen LogP contribution in [0.15, 0.2) is 12.1 Å². The van der Waals surface area contributed by atoms with Gasteiger partial charge in [-0.3, -0.25) is 4.90 Å². The molecule has 1 atom stereocenters. The van der Waals surface area contributed by atoms with Crippen LogP contribution in [0.2, 0.25) is 0 Å². The summed E-state index contributed by atoms with van der Waals surface area (Å²) < 4.78 is 42.7. The third-order valence-electron chi connectivity index (χ3n) is 3.39. The Morgan fingerprint density at radius 2 is 2.10 bits per heavy atom. The van der Waals surface area contributed by atoms with Crippen molar-refractivity contribution in [3.05, 3.63) is 21.9 Å². The van der Waals surface area contributed by atoms with E-state index in [1.807, 2.05) is 11.0 Å². The maximum atomic E-state index is 12.6. The largest absolute Gasteiger partial charge is 0.415 e.